The number of phenols is 1. The molecule has 24 heavy (non-hydrogen) atoms. The van der Waals surface area contributed by atoms with Crippen molar-refractivity contribution in [3.8, 4) is 11.5 Å². The van der Waals surface area contributed by atoms with Crippen LogP contribution in [-0.2, 0) is 13.9 Å². The maximum absolute atomic E-state index is 9.55. The quantitative estimate of drug-likeness (QED) is 0.482. The highest BCUT2D eigenvalue weighted by Crippen LogP contribution is 2.36. The minimum absolute atomic E-state index is 0.141. The van der Waals surface area contributed by atoms with E-state index in [-0.39, 0.29) is 10.8 Å². The van der Waals surface area contributed by atoms with E-state index in [1.54, 1.807) is 18.2 Å². The average molecular weight is 357 g/mol. The maximum Gasteiger partial charge on any atom is 0.192 e. The summed E-state index contributed by atoms with van der Waals surface area (Å²) in [5.74, 6) is 0.614. The summed E-state index contributed by atoms with van der Waals surface area (Å²) in [5.41, 5.74) is 0. The van der Waals surface area contributed by atoms with Gasteiger partial charge in [-0.1, -0.05) is 32.9 Å². The van der Waals surface area contributed by atoms with Crippen LogP contribution in [0.3, 0.4) is 0 Å². The maximum atomic E-state index is 9.55. The largest absolute Gasteiger partial charge is 0.504 e. The van der Waals surface area contributed by atoms with Gasteiger partial charge in [-0.05, 0) is 30.3 Å². The Kier molecular flexibility index (Phi) is 8.76. The Hall–Kier alpha value is -1.08. The van der Waals surface area contributed by atoms with E-state index in [1.807, 2.05) is 6.07 Å². The number of hydrogen-bond donors (Lipinski definition) is 1. The molecule has 138 valence electrons. The first-order valence-corrected chi connectivity index (χ1v) is 11.3. The third kappa shape index (κ3) is 7.66. The first kappa shape index (κ1) is 21.0. The molecule has 0 unspecified atom stereocenters. The van der Waals surface area contributed by atoms with Crippen LogP contribution in [0.5, 0.6) is 11.5 Å². The second-order valence-electron chi connectivity index (χ2n) is 7.15. The molecule has 0 fully saturated rings. The minimum atomic E-state index is -1.68. The number of rotatable bonds is 11. The predicted octanol–water partition coefficient (Wildman–Crippen LogP) is 3.83. The Balaban J connectivity index is 1.97. The Morgan fingerprint density at radius 2 is 1.42 bits per heavy atom. The third-order valence-corrected chi connectivity index (χ3v) is 8.76. The summed E-state index contributed by atoms with van der Waals surface area (Å²) >= 11 is 0. The molecule has 0 atom stereocenters. The summed E-state index contributed by atoms with van der Waals surface area (Å²) in [6, 6.07) is 6.89. The van der Waals surface area contributed by atoms with Gasteiger partial charge in [0.25, 0.3) is 0 Å². The molecule has 0 bridgehead atoms. The molecule has 5 nitrogen and oxygen atoms in total. The van der Waals surface area contributed by atoms with Crippen molar-refractivity contribution in [1.82, 2.24) is 0 Å². The van der Waals surface area contributed by atoms with Gasteiger partial charge in [0, 0.05) is 0 Å². The van der Waals surface area contributed by atoms with Crippen molar-refractivity contribution >= 4 is 8.32 Å². The van der Waals surface area contributed by atoms with Gasteiger partial charge in [-0.15, -0.1) is 0 Å². The predicted molar refractivity (Wildman–Crippen MR) is 98.4 cm³/mol. The van der Waals surface area contributed by atoms with Crippen LogP contribution in [0.25, 0.3) is 0 Å². The van der Waals surface area contributed by atoms with Crippen LogP contribution in [0, 0.1) is 0 Å². The summed E-state index contributed by atoms with van der Waals surface area (Å²) in [5, 5.41) is 9.77. The van der Waals surface area contributed by atoms with Crippen LogP contribution in [-0.4, -0.2) is 53.1 Å². The number of ether oxygens (including phenoxy) is 3. The highest BCUT2D eigenvalue weighted by Gasteiger charge is 2.36. The smallest absolute Gasteiger partial charge is 0.192 e. The lowest BCUT2D eigenvalue weighted by molar-refractivity contribution is 0.0258. The SMILES string of the molecule is CC(C)(C)[Si](C)(C)OCCOCCOCCOc1ccccc1O. The van der Waals surface area contributed by atoms with E-state index < -0.39 is 8.32 Å². The van der Waals surface area contributed by atoms with Crippen molar-refractivity contribution in [2.45, 2.75) is 38.9 Å². The molecule has 1 rings (SSSR count). The van der Waals surface area contributed by atoms with Crippen molar-refractivity contribution in [3.05, 3.63) is 24.3 Å². The number of hydrogen-bond acceptors (Lipinski definition) is 5. The van der Waals surface area contributed by atoms with Crippen LogP contribution in [0.1, 0.15) is 20.8 Å². The molecule has 6 heteroatoms. The highest BCUT2D eigenvalue weighted by atomic mass is 28.4. The summed E-state index contributed by atoms with van der Waals surface area (Å²) in [6.07, 6.45) is 0. The monoisotopic (exact) mass is 356 g/mol. The zero-order valence-corrected chi connectivity index (χ0v) is 16.6. The van der Waals surface area contributed by atoms with E-state index >= 15 is 0 Å². The Bertz CT molecular complexity index is 471. The fraction of sp³-hybridized carbons (Fsp3) is 0.667. The van der Waals surface area contributed by atoms with Crippen LogP contribution in [0.2, 0.25) is 18.1 Å². The molecule has 0 aromatic heterocycles. The zero-order chi connectivity index (χ0) is 18.1. The third-order valence-electron chi connectivity index (χ3n) is 4.22. The molecule has 0 saturated heterocycles. The number of aromatic hydroxyl groups is 1. The van der Waals surface area contributed by atoms with Crippen LogP contribution in [0.15, 0.2) is 24.3 Å². The lowest BCUT2D eigenvalue weighted by atomic mass is 10.2. The molecule has 0 amide bonds. The summed E-state index contributed by atoms with van der Waals surface area (Å²) in [6.45, 7) is 14.3. The van der Waals surface area contributed by atoms with Gasteiger partial charge in [0.1, 0.15) is 6.61 Å². The van der Waals surface area contributed by atoms with Crippen molar-refractivity contribution < 1.29 is 23.7 Å². The molecule has 0 heterocycles. The Morgan fingerprint density at radius 1 is 0.875 bits per heavy atom. The molecular formula is C18H32O5Si. The van der Waals surface area contributed by atoms with Crippen LogP contribution >= 0.6 is 0 Å². The molecule has 1 aromatic rings. The summed E-state index contributed by atoms with van der Waals surface area (Å²) in [7, 11) is -1.68. The van der Waals surface area contributed by atoms with E-state index in [2.05, 4.69) is 33.9 Å². The number of phenolic OH excluding ortho intramolecular Hbond substituents is 1. The van der Waals surface area contributed by atoms with E-state index in [9.17, 15) is 5.11 Å². The van der Waals surface area contributed by atoms with Gasteiger partial charge in [0.2, 0.25) is 0 Å². The van der Waals surface area contributed by atoms with Crippen LogP contribution < -0.4 is 4.74 Å². The highest BCUT2D eigenvalue weighted by molar-refractivity contribution is 6.74. The molecule has 0 spiro atoms. The van der Waals surface area contributed by atoms with Gasteiger partial charge in [-0.2, -0.15) is 0 Å². The Morgan fingerprint density at radius 3 is 2.00 bits per heavy atom. The topological polar surface area (TPSA) is 57.2 Å². The molecule has 0 radical (unpaired) electrons. The lowest BCUT2D eigenvalue weighted by Gasteiger charge is -2.36. The zero-order valence-electron chi connectivity index (χ0n) is 15.6. The molecule has 0 aliphatic heterocycles. The fourth-order valence-corrected chi connectivity index (χ4v) is 2.71. The van der Waals surface area contributed by atoms with Gasteiger partial charge < -0.3 is 23.7 Å². The van der Waals surface area contributed by atoms with Gasteiger partial charge in [-0.25, -0.2) is 0 Å². The van der Waals surface area contributed by atoms with E-state index in [0.717, 1.165) is 0 Å². The second-order valence-corrected chi connectivity index (χ2v) is 12.0. The molecule has 1 aromatic carbocycles. The first-order valence-electron chi connectivity index (χ1n) is 8.44. The number of para-hydroxylation sites is 2. The van der Waals surface area contributed by atoms with Crippen LogP contribution in [0.4, 0.5) is 0 Å². The fourth-order valence-electron chi connectivity index (χ4n) is 1.68. The lowest BCUT2D eigenvalue weighted by Crippen LogP contribution is -2.41. The van der Waals surface area contributed by atoms with Gasteiger partial charge in [0.05, 0.1) is 33.0 Å². The first-order chi connectivity index (χ1) is 11.2. The van der Waals surface area contributed by atoms with Crippen molar-refractivity contribution in [2.75, 3.05) is 39.6 Å². The van der Waals surface area contributed by atoms with E-state index in [4.69, 9.17) is 18.6 Å². The minimum Gasteiger partial charge on any atom is -0.504 e. The summed E-state index contributed by atoms with van der Waals surface area (Å²) < 4.78 is 22.4. The van der Waals surface area contributed by atoms with Crippen molar-refractivity contribution in [1.29, 1.82) is 0 Å². The van der Waals surface area contributed by atoms with E-state index in [1.165, 1.54) is 0 Å². The molecular weight excluding hydrogens is 324 g/mol. The molecule has 0 aliphatic rings. The Labute approximate surface area is 147 Å². The molecule has 0 aliphatic carbocycles. The van der Waals surface area contributed by atoms with Crippen molar-refractivity contribution in [3.63, 3.8) is 0 Å². The van der Waals surface area contributed by atoms with Gasteiger partial charge >= 0.3 is 0 Å². The van der Waals surface area contributed by atoms with Crippen molar-refractivity contribution in [2.24, 2.45) is 0 Å². The summed E-state index contributed by atoms with van der Waals surface area (Å²) in [4.78, 5) is 0. The molecule has 0 saturated carbocycles. The van der Waals surface area contributed by atoms with Gasteiger partial charge in [-0.3, -0.25) is 0 Å². The number of benzene rings is 1. The van der Waals surface area contributed by atoms with Gasteiger partial charge in [0.15, 0.2) is 19.8 Å². The second kappa shape index (κ2) is 10.0. The normalized spacial score (nSPS) is 12.4. The standard InChI is InChI=1S/C18H32O5Si/c1-18(2,3)24(4,5)23-15-13-21-11-10-20-12-14-22-17-9-7-6-8-16(17)19/h6-9,19H,10-15H2,1-5H3. The van der Waals surface area contributed by atoms with E-state index in [0.29, 0.717) is 45.4 Å². The average Bonchev–Trinajstić information content (AvgIpc) is 2.49. The molecule has 1 N–H and O–H groups in total.